The molecule has 2 rings (SSSR count). The van der Waals surface area contributed by atoms with Crippen LogP contribution in [0.4, 0.5) is 5.69 Å². The number of nitrogens with two attached hydrogens (primary N) is 1. The first-order valence-corrected chi connectivity index (χ1v) is 6.86. The van der Waals surface area contributed by atoms with E-state index in [1.54, 1.807) is 0 Å². The van der Waals surface area contributed by atoms with E-state index in [1.807, 2.05) is 49.5 Å². The third-order valence-electron chi connectivity index (χ3n) is 3.57. The minimum absolute atomic E-state index is 0.150. The van der Waals surface area contributed by atoms with Gasteiger partial charge in [-0.3, -0.25) is 0 Å². The summed E-state index contributed by atoms with van der Waals surface area (Å²) < 4.78 is 0. The first kappa shape index (κ1) is 14.6. The average Bonchev–Trinajstić information content (AvgIpc) is 2.48. The second-order valence-corrected chi connectivity index (χ2v) is 5.11. The fourth-order valence-electron chi connectivity index (χ4n) is 2.49. The molecule has 0 aromatic heterocycles. The normalized spacial score (nSPS) is 13.8. The van der Waals surface area contributed by atoms with E-state index in [0.29, 0.717) is 0 Å². The van der Waals surface area contributed by atoms with Gasteiger partial charge < -0.3 is 15.7 Å². The number of hydrogen-bond donors (Lipinski definition) is 2. The summed E-state index contributed by atoms with van der Waals surface area (Å²) in [7, 11) is 1.99. The molecular formula is C17H22N2O. The van der Waals surface area contributed by atoms with E-state index >= 15 is 0 Å². The largest absolute Gasteiger partial charge is 0.389 e. The number of anilines is 1. The molecule has 0 aliphatic rings. The molecule has 0 bridgehead atoms. The van der Waals surface area contributed by atoms with E-state index in [-0.39, 0.29) is 12.6 Å². The lowest BCUT2D eigenvalue weighted by Gasteiger charge is -2.33. The first-order chi connectivity index (χ1) is 9.63. The van der Waals surface area contributed by atoms with E-state index in [2.05, 4.69) is 24.0 Å². The Morgan fingerprint density at radius 2 is 1.80 bits per heavy atom. The zero-order valence-corrected chi connectivity index (χ0v) is 12.0. The van der Waals surface area contributed by atoms with Gasteiger partial charge in [0.15, 0.2) is 0 Å². The fraction of sp³-hybridized carbons (Fsp3) is 0.294. The summed E-state index contributed by atoms with van der Waals surface area (Å²) in [6, 6.07) is 18.1. The predicted molar refractivity (Wildman–Crippen MR) is 83.8 cm³/mol. The smallest absolute Gasteiger partial charge is 0.0907 e. The maximum absolute atomic E-state index is 10.3. The summed E-state index contributed by atoms with van der Waals surface area (Å²) in [4.78, 5) is 2.08. The van der Waals surface area contributed by atoms with Crippen LogP contribution in [0, 0.1) is 6.92 Å². The molecule has 0 aliphatic heterocycles. The highest BCUT2D eigenvalue weighted by molar-refractivity contribution is 5.50. The quantitative estimate of drug-likeness (QED) is 0.877. The van der Waals surface area contributed by atoms with Gasteiger partial charge >= 0.3 is 0 Å². The lowest BCUT2D eigenvalue weighted by molar-refractivity contribution is 0.150. The van der Waals surface area contributed by atoms with Crippen LogP contribution in [-0.4, -0.2) is 24.8 Å². The number of rotatable bonds is 5. The van der Waals surface area contributed by atoms with Crippen molar-refractivity contribution in [3.63, 3.8) is 0 Å². The Kier molecular flexibility index (Phi) is 4.77. The second kappa shape index (κ2) is 6.55. The number of likely N-dealkylation sites (N-methyl/N-ethyl adjacent to an activating group) is 1. The maximum atomic E-state index is 10.3. The van der Waals surface area contributed by atoms with Gasteiger partial charge in [-0.25, -0.2) is 0 Å². The molecular weight excluding hydrogens is 248 g/mol. The molecule has 20 heavy (non-hydrogen) atoms. The van der Waals surface area contributed by atoms with Crippen molar-refractivity contribution in [2.24, 2.45) is 5.73 Å². The second-order valence-electron chi connectivity index (χ2n) is 5.11. The minimum atomic E-state index is -0.608. The highest BCUT2D eigenvalue weighted by Crippen LogP contribution is 2.28. The predicted octanol–water partition coefficient (Wildman–Crippen LogP) is 2.49. The Bertz CT molecular complexity index is 542. The van der Waals surface area contributed by atoms with Gasteiger partial charge in [-0.2, -0.15) is 0 Å². The molecule has 2 aromatic carbocycles. The number of nitrogens with zero attached hydrogens (tertiary/aromatic N) is 1. The van der Waals surface area contributed by atoms with E-state index in [0.717, 1.165) is 11.3 Å². The zero-order chi connectivity index (χ0) is 14.5. The van der Waals surface area contributed by atoms with Crippen LogP contribution < -0.4 is 10.6 Å². The molecule has 0 spiro atoms. The topological polar surface area (TPSA) is 49.5 Å². The Balaban J connectivity index is 2.36. The fourth-order valence-corrected chi connectivity index (χ4v) is 2.49. The van der Waals surface area contributed by atoms with Crippen LogP contribution in [0.15, 0.2) is 54.6 Å². The summed E-state index contributed by atoms with van der Waals surface area (Å²) in [5, 5.41) is 10.3. The summed E-state index contributed by atoms with van der Waals surface area (Å²) in [5.74, 6) is 0. The molecule has 0 heterocycles. The Morgan fingerprint density at radius 1 is 1.10 bits per heavy atom. The van der Waals surface area contributed by atoms with Crippen LogP contribution in [0.1, 0.15) is 17.2 Å². The highest BCUT2D eigenvalue weighted by atomic mass is 16.3. The van der Waals surface area contributed by atoms with Crippen molar-refractivity contribution in [3.05, 3.63) is 65.7 Å². The van der Waals surface area contributed by atoms with Crippen LogP contribution in [0.25, 0.3) is 0 Å². The van der Waals surface area contributed by atoms with Gasteiger partial charge in [-0.05, 0) is 30.2 Å². The molecule has 0 radical (unpaired) electrons. The number of aryl methyl sites for hydroxylation is 1. The van der Waals surface area contributed by atoms with Gasteiger partial charge in [0.25, 0.3) is 0 Å². The molecule has 2 atom stereocenters. The van der Waals surface area contributed by atoms with Crippen LogP contribution in [0.2, 0.25) is 0 Å². The number of hydrogen-bond acceptors (Lipinski definition) is 3. The molecule has 3 heteroatoms. The standard InChI is InChI=1S/C17H22N2O/c1-13-7-6-10-15(11-13)19(2)17(16(20)12-18)14-8-4-3-5-9-14/h3-11,16-17,20H,12,18H2,1-2H3/t16-,17+/m1/s1. The van der Waals surface area contributed by atoms with Crippen molar-refractivity contribution in [1.82, 2.24) is 0 Å². The molecule has 0 saturated heterocycles. The maximum Gasteiger partial charge on any atom is 0.0907 e. The molecule has 0 unspecified atom stereocenters. The molecule has 106 valence electrons. The van der Waals surface area contributed by atoms with Crippen LogP contribution >= 0.6 is 0 Å². The van der Waals surface area contributed by atoms with Crippen molar-refractivity contribution < 1.29 is 5.11 Å². The molecule has 3 N–H and O–H groups in total. The highest BCUT2D eigenvalue weighted by Gasteiger charge is 2.24. The van der Waals surface area contributed by atoms with E-state index in [1.165, 1.54) is 5.56 Å². The van der Waals surface area contributed by atoms with Gasteiger partial charge in [-0.1, -0.05) is 42.5 Å². The van der Waals surface area contributed by atoms with Gasteiger partial charge in [0, 0.05) is 19.3 Å². The first-order valence-electron chi connectivity index (χ1n) is 6.86. The Morgan fingerprint density at radius 3 is 2.40 bits per heavy atom. The third kappa shape index (κ3) is 3.18. The minimum Gasteiger partial charge on any atom is -0.389 e. The average molecular weight is 270 g/mol. The monoisotopic (exact) mass is 270 g/mol. The Labute approximate surface area is 120 Å². The molecule has 0 aliphatic carbocycles. The van der Waals surface area contributed by atoms with Gasteiger partial charge in [0.2, 0.25) is 0 Å². The summed E-state index contributed by atoms with van der Waals surface area (Å²) >= 11 is 0. The lowest BCUT2D eigenvalue weighted by Crippen LogP contribution is -2.38. The van der Waals surface area contributed by atoms with Crippen molar-refractivity contribution in [1.29, 1.82) is 0 Å². The number of aliphatic hydroxyl groups excluding tert-OH is 1. The van der Waals surface area contributed by atoms with Crippen molar-refractivity contribution in [2.75, 3.05) is 18.5 Å². The van der Waals surface area contributed by atoms with E-state index in [4.69, 9.17) is 5.73 Å². The third-order valence-corrected chi connectivity index (χ3v) is 3.57. The van der Waals surface area contributed by atoms with Crippen molar-refractivity contribution >= 4 is 5.69 Å². The van der Waals surface area contributed by atoms with E-state index in [9.17, 15) is 5.11 Å². The van der Waals surface area contributed by atoms with Crippen molar-refractivity contribution in [2.45, 2.75) is 19.1 Å². The van der Waals surface area contributed by atoms with Crippen molar-refractivity contribution in [3.8, 4) is 0 Å². The summed E-state index contributed by atoms with van der Waals surface area (Å²) in [6.07, 6.45) is -0.608. The van der Waals surface area contributed by atoms with E-state index < -0.39 is 6.10 Å². The summed E-state index contributed by atoms with van der Waals surface area (Å²) in [6.45, 7) is 2.30. The lowest BCUT2D eigenvalue weighted by atomic mass is 9.99. The van der Waals surface area contributed by atoms with Gasteiger partial charge in [-0.15, -0.1) is 0 Å². The number of aliphatic hydroxyl groups is 1. The SMILES string of the molecule is Cc1cccc(N(C)[C@@H](c2ccccc2)[C@H](O)CN)c1. The van der Waals surface area contributed by atoms with Gasteiger partial charge in [0.1, 0.15) is 0 Å². The van der Waals surface area contributed by atoms with Crippen LogP contribution in [-0.2, 0) is 0 Å². The molecule has 0 saturated carbocycles. The Hall–Kier alpha value is -1.84. The molecule has 0 amide bonds. The molecule has 2 aromatic rings. The van der Waals surface area contributed by atoms with Gasteiger partial charge in [0.05, 0.1) is 12.1 Å². The molecule has 0 fully saturated rings. The van der Waals surface area contributed by atoms with Crippen LogP contribution in [0.5, 0.6) is 0 Å². The zero-order valence-electron chi connectivity index (χ0n) is 12.0. The number of benzene rings is 2. The molecule has 3 nitrogen and oxygen atoms in total. The summed E-state index contributed by atoms with van der Waals surface area (Å²) in [5.41, 5.74) is 9.02. The van der Waals surface area contributed by atoms with Crippen LogP contribution in [0.3, 0.4) is 0 Å².